The zero-order valence-corrected chi connectivity index (χ0v) is 18.4. The third-order valence-corrected chi connectivity index (χ3v) is 5.92. The van der Waals surface area contributed by atoms with Crippen LogP contribution in [0.5, 0.6) is 5.75 Å². The Kier molecular flexibility index (Phi) is 5.41. The monoisotopic (exact) mass is 433 g/mol. The second kappa shape index (κ2) is 8.67. The van der Waals surface area contributed by atoms with Gasteiger partial charge in [0.2, 0.25) is 6.20 Å². The number of nitrogens with zero attached hydrogens (tertiary/aromatic N) is 2. The summed E-state index contributed by atoms with van der Waals surface area (Å²) in [6.45, 7) is 2.99. The highest BCUT2D eigenvalue weighted by Gasteiger charge is 2.19. The van der Waals surface area contributed by atoms with Crippen LogP contribution in [0.25, 0.3) is 35.0 Å². The first-order valence-corrected chi connectivity index (χ1v) is 11.0. The highest BCUT2D eigenvalue weighted by molar-refractivity contribution is 5.92. The molecule has 1 aromatic heterocycles. The predicted octanol–water partition coefficient (Wildman–Crippen LogP) is 6.24. The van der Waals surface area contributed by atoms with Crippen LogP contribution in [0.2, 0.25) is 0 Å². The topological polar surface area (TPSA) is 47.6 Å². The van der Waals surface area contributed by atoms with Crippen molar-refractivity contribution < 1.29 is 14.8 Å². The first-order chi connectivity index (χ1) is 16.2. The Balaban J connectivity index is 1.63. The summed E-state index contributed by atoms with van der Waals surface area (Å²) in [4.78, 5) is 2.28. The van der Waals surface area contributed by atoms with Crippen LogP contribution in [0.3, 0.4) is 0 Å². The molecule has 4 heteroatoms. The summed E-state index contributed by atoms with van der Waals surface area (Å²) in [6.07, 6.45) is 9.90. The number of anilines is 1. The number of aliphatic hydroxyl groups is 1. The second-order valence-corrected chi connectivity index (χ2v) is 7.94. The van der Waals surface area contributed by atoms with Gasteiger partial charge in [-0.05, 0) is 48.4 Å². The van der Waals surface area contributed by atoms with Crippen molar-refractivity contribution in [2.45, 2.75) is 6.92 Å². The van der Waals surface area contributed by atoms with E-state index >= 15 is 0 Å². The smallest absolute Gasteiger partial charge is 0.260 e. The van der Waals surface area contributed by atoms with E-state index in [0.29, 0.717) is 11.1 Å². The van der Waals surface area contributed by atoms with Gasteiger partial charge in [-0.25, -0.2) is 0 Å². The molecule has 0 saturated carbocycles. The number of aliphatic hydroxyl groups excluding tert-OH is 1. The molecule has 3 aromatic carbocycles. The highest BCUT2D eigenvalue weighted by atomic mass is 16.3. The van der Waals surface area contributed by atoms with E-state index in [1.165, 1.54) is 11.3 Å². The number of aromatic nitrogens is 1. The van der Waals surface area contributed by atoms with Crippen LogP contribution in [0.1, 0.15) is 23.6 Å². The van der Waals surface area contributed by atoms with Crippen LogP contribution in [0, 0.1) is 0 Å². The lowest BCUT2D eigenvalue weighted by molar-refractivity contribution is -0.539. The molecule has 0 unspecified atom stereocenters. The minimum absolute atomic E-state index is 0.125. The number of phenolic OH excluding ortho intramolecular Hbond substituents is 1. The highest BCUT2D eigenvalue weighted by Crippen LogP contribution is 2.33. The average molecular weight is 434 g/mol. The van der Waals surface area contributed by atoms with Crippen molar-refractivity contribution in [1.82, 2.24) is 0 Å². The summed E-state index contributed by atoms with van der Waals surface area (Å²) in [5, 5.41) is 22.3. The molecule has 5 rings (SSSR count). The molecule has 0 spiro atoms. The molecule has 4 nitrogen and oxygen atoms in total. The molecular weight excluding hydrogens is 408 g/mol. The fourth-order valence-corrected chi connectivity index (χ4v) is 4.33. The van der Waals surface area contributed by atoms with Gasteiger partial charge in [0.25, 0.3) is 5.52 Å². The van der Waals surface area contributed by atoms with Gasteiger partial charge in [-0.2, -0.15) is 4.57 Å². The first-order valence-electron chi connectivity index (χ1n) is 11.0. The van der Waals surface area contributed by atoms with Crippen LogP contribution in [-0.2, 0) is 0 Å². The lowest BCUT2D eigenvalue weighted by Gasteiger charge is -2.29. The molecule has 0 bridgehead atoms. The van der Waals surface area contributed by atoms with Gasteiger partial charge >= 0.3 is 0 Å². The fourth-order valence-electron chi connectivity index (χ4n) is 4.33. The predicted molar refractivity (Wildman–Crippen MR) is 136 cm³/mol. The summed E-state index contributed by atoms with van der Waals surface area (Å²) >= 11 is 0. The van der Waals surface area contributed by atoms with Crippen LogP contribution >= 0.6 is 0 Å². The van der Waals surface area contributed by atoms with Crippen molar-refractivity contribution in [3.05, 3.63) is 114 Å². The number of para-hydroxylation sites is 2. The number of rotatable bonds is 4. The van der Waals surface area contributed by atoms with Crippen molar-refractivity contribution >= 4 is 40.7 Å². The molecule has 1 aliphatic rings. The zero-order valence-electron chi connectivity index (χ0n) is 18.4. The molecule has 0 aliphatic carbocycles. The minimum Gasteiger partial charge on any atom is -0.502 e. The molecule has 0 fully saturated rings. The summed E-state index contributed by atoms with van der Waals surface area (Å²) < 4.78 is 1.76. The number of aromatic hydroxyl groups is 1. The van der Waals surface area contributed by atoms with E-state index in [1.807, 2.05) is 54.7 Å². The number of benzene rings is 3. The quantitative estimate of drug-likeness (QED) is 0.296. The van der Waals surface area contributed by atoms with Crippen LogP contribution in [0.4, 0.5) is 5.69 Å². The molecule has 0 saturated heterocycles. The molecule has 2 heterocycles. The number of allylic oxidation sites excluding steroid dienone is 1. The number of fused-ring (bicyclic) bond motifs is 2. The SMILES string of the molecule is CCN1C(=Cc2cc[n+](/C=C(\O)c3ccccc3)c3c(O)cccc23)C=Cc2ccccc21. The van der Waals surface area contributed by atoms with Crippen LogP contribution in [-0.4, -0.2) is 16.8 Å². The Morgan fingerprint density at radius 2 is 1.70 bits per heavy atom. The molecule has 1 aliphatic heterocycles. The third-order valence-electron chi connectivity index (χ3n) is 5.92. The summed E-state index contributed by atoms with van der Waals surface area (Å²) in [5.74, 6) is 0.280. The Labute approximate surface area is 193 Å². The Morgan fingerprint density at radius 3 is 2.52 bits per heavy atom. The molecule has 0 radical (unpaired) electrons. The van der Waals surface area contributed by atoms with E-state index in [4.69, 9.17) is 0 Å². The number of phenols is 1. The molecule has 0 amide bonds. The van der Waals surface area contributed by atoms with Gasteiger partial charge in [0.1, 0.15) is 0 Å². The summed E-state index contributed by atoms with van der Waals surface area (Å²) in [7, 11) is 0. The van der Waals surface area contributed by atoms with Gasteiger partial charge in [-0.15, -0.1) is 0 Å². The number of likely N-dealkylation sites (N-methyl/N-ethyl adjacent to an activating group) is 1. The van der Waals surface area contributed by atoms with Gasteiger partial charge < -0.3 is 15.1 Å². The van der Waals surface area contributed by atoms with Crippen LogP contribution in [0.15, 0.2) is 96.8 Å². The van der Waals surface area contributed by atoms with E-state index in [9.17, 15) is 10.2 Å². The largest absolute Gasteiger partial charge is 0.502 e. The van der Waals surface area contributed by atoms with Gasteiger partial charge in [0.15, 0.2) is 17.7 Å². The lowest BCUT2D eigenvalue weighted by Crippen LogP contribution is -2.27. The molecule has 0 atom stereocenters. The lowest BCUT2D eigenvalue weighted by atomic mass is 10.0. The summed E-state index contributed by atoms with van der Waals surface area (Å²) in [6, 6.07) is 25.2. The maximum absolute atomic E-state index is 10.7. The average Bonchev–Trinajstić information content (AvgIpc) is 2.85. The summed E-state index contributed by atoms with van der Waals surface area (Å²) in [5.41, 5.74) is 5.81. The maximum atomic E-state index is 10.7. The third kappa shape index (κ3) is 3.87. The van der Waals surface area contributed by atoms with E-state index in [1.54, 1.807) is 16.8 Å². The molecular formula is C29H25N2O2+. The Bertz CT molecular complexity index is 1420. The maximum Gasteiger partial charge on any atom is 0.260 e. The van der Waals surface area contributed by atoms with Gasteiger partial charge in [-0.3, -0.25) is 0 Å². The molecule has 162 valence electrons. The van der Waals surface area contributed by atoms with Crippen molar-refractivity contribution in [1.29, 1.82) is 0 Å². The van der Waals surface area contributed by atoms with Crippen LogP contribution < -0.4 is 9.47 Å². The molecule has 4 aromatic rings. The standard InChI is InChI=1S/C29H24N2O2/c1-2-31-24(16-15-21-9-6-7-13-26(21)31)19-23-17-18-30(29-25(23)12-8-14-27(29)32)20-28(33)22-10-4-3-5-11-22/h3-20H,2H2,1H3,(H-,32,33)/p+1/b28-20-. The van der Waals surface area contributed by atoms with E-state index in [-0.39, 0.29) is 11.5 Å². The normalized spacial score (nSPS) is 14.6. The van der Waals surface area contributed by atoms with E-state index in [0.717, 1.165) is 23.2 Å². The fraction of sp³-hybridized carbons (Fsp3) is 0.0690. The number of pyridine rings is 1. The second-order valence-electron chi connectivity index (χ2n) is 7.94. The Morgan fingerprint density at radius 1 is 0.909 bits per heavy atom. The Hall–Kier alpha value is -4.31. The zero-order chi connectivity index (χ0) is 22.8. The number of hydrogen-bond donors (Lipinski definition) is 2. The molecule has 2 N–H and O–H groups in total. The number of hydrogen-bond acceptors (Lipinski definition) is 3. The van der Waals surface area contributed by atoms with E-state index in [2.05, 4.69) is 54.3 Å². The first kappa shape index (κ1) is 20.6. The minimum atomic E-state index is 0.125. The van der Waals surface area contributed by atoms with Crippen molar-refractivity contribution in [2.75, 3.05) is 11.4 Å². The van der Waals surface area contributed by atoms with Gasteiger partial charge in [-0.1, -0.05) is 60.7 Å². The van der Waals surface area contributed by atoms with Crippen molar-refractivity contribution in [3.63, 3.8) is 0 Å². The van der Waals surface area contributed by atoms with Crippen molar-refractivity contribution in [2.24, 2.45) is 0 Å². The van der Waals surface area contributed by atoms with Gasteiger partial charge in [0, 0.05) is 29.6 Å². The van der Waals surface area contributed by atoms with Crippen molar-refractivity contribution in [3.8, 4) is 5.75 Å². The van der Waals surface area contributed by atoms with Gasteiger partial charge in [0.05, 0.1) is 5.39 Å². The van der Waals surface area contributed by atoms with E-state index < -0.39 is 0 Å². The molecule has 33 heavy (non-hydrogen) atoms.